The molecule has 1 saturated carbocycles. The Balaban J connectivity index is 2.25. The average molecular weight is 208 g/mol. The molecule has 2 heteroatoms. The molecule has 0 amide bonds. The molecule has 86 valence electrons. The van der Waals surface area contributed by atoms with Gasteiger partial charge in [0.05, 0.1) is 0 Å². The number of hydrogen-bond donors (Lipinski definition) is 2. The van der Waals surface area contributed by atoms with Gasteiger partial charge in [-0.25, -0.2) is 0 Å². The first kappa shape index (κ1) is 12.5. The van der Waals surface area contributed by atoms with Crippen molar-refractivity contribution in [2.45, 2.75) is 51.5 Å². The molecule has 0 spiro atoms. The third-order valence-corrected chi connectivity index (χ3v) is 3.39. The minimum atomic E-state index is 0.126. The molecule has 0 saturated heterocycles. The van der Waals surface area contributed by atoms with Gasteiger partial charge in [0.2, 0.25) is 0 Å². The van der Waals surface area contributed by atoms with E-state index in [9.17, 15) is 0 Å². The first-order valence-corrected chi connectivity index (χ1v) is 6.05. The summed E-state index contributed by atoms with van der Waals surface area (Å²) in [6, 6.07) is 0. The van der Waals surface area contributed by atoms with Crippen molar-refractivity contribution < 1.29 is 0 Å². The molecule has 1 rings (SSSR count). The molecule has 0 radical (unpaired) electrons. The van der Waals surface area contributed by atoms with Crippen LogP contribution in [0.2, 0.25) is 0 Å². The van der Waals surface area contributed by atoms with Gasteiger partial charge in [-0.15, -0.1) is 11.8 Å². The first-order chi connectivity index (χ1) is 7.20. The van der Waals surface area contributed by atoms with E-state index in [1.807, 2.05) is 6.92 Å². The van der Waals surface area contributed by atoms with Crippen molar-refractivity contribution in [2.24, 2.45) is 11.7 Å². The van der Waals surface area contributed by atoms with E-state index < -0.39 is 0 Å². The molecule has 1 aliphatic carbocycles. The van der Waals surface area contributed by atoms with Crippen LogP contribution >= 0.6 is 0 Å². The number of nitrogens with two attached hydrogens (primary N) is 1. The molecule has 0 aromatic rings. The van der Waals surface area contributed by atoms with E-state index in [1.165, 1.54) is 25.7 Å². The van der Waals surface area contributed by atoms with Gasteiger partial charge >= 0.3 is 0 Å². The molecular weight excluding hydrogens is 184 g/mol. The Morgan fingerprint density at radius 3 is 2.67 bits per heavy atom. The lowest BCUT2D eigenvalue weighted by Crippen LogP contribution is -2.50. The van der Waals surface area contributed by atoms with E-state index in [4.69, 9.17) is 5.73 Å². The zero-order valence-corrected chi connectivity index (χ0v) is 10.1. The SMILES string of the molecule is CC#CCCNC(C)(CN)CC1CCC1. The van der Waals surface area contributed by atoms with E-state index in [0.717, 1.165) is 25.4 Å². The number of hydrogen-bond acceptors (Lipinski definition) is 2. The van der Waals surface area contributed by atoms with Crippen molar-refractivity contribution in [3.63, 3.8) is 0 Å². The maximum absolute atomic E-state index is 5.85. The molecule has 0 bridgehead atoms. The lowest BCUT2D eigenvalue weighted by Gasteiger charge is -2.37. The Hall–Kier alpha value is -0.520. The van der Waals surface area contributed by atoms with Gasteiger partial charge in [-0.2, -0.15) is 0 Å². The highest BCUT2D eigenvalue weighted by Gasteiger charge is 2.29. The van der Waals surface area contributed by atoms with Crippen LogP contribution in [0.5, 0.6) is 0 Å². The van der Waals surface area contributed by atoms with E-state index in [-0.39, 0.29) is 5.54 Å². The highest BCUT2D eigenvalue weighted by atomic mass is 15.0. The predicted molar refractivity (Wildman–Crippen MR) is 65.5 cm³/mol. The quantitative estimate of drug-likeness (QED) is 0.517. The highest BCUT2D eigenvalue weighted by Crippen LogP contribution is 2.33. The second kappa shape index (κ2) is 6.15. The summed E-state index contributed by atoms with van der Waals surface area (Å²) < 4.78 is 0. The van der Waals surface area contributed by atoms with Gasteiger partial charge in [-0.05, 0) is 26.2 Å². The van der Waals surface area contributed by atoms with E-state index in [0.29, 0.717) is 0 Å². The van der Waals surface area contributed by atoms with Crippen LogP contribution < -0.4 is 11.1 Å². The van der Waals surface area contributed by atoms with Gasteiger partial charge in [-0.3, -0.25) is 0 Å². The molecule has 1 fully saturated rings. The number of nitrogens with one attached hydrogen (secondary N) is 1. The van der Waals surface area contributed by atoms with Gasteiger partial charge in [0.15, 0.2) is 0 Å². The van der Waals surface area contributed by atoms with Crippen LogP contribution in [0.15, 0.2) is 0 Å². The molecule has 0 aromatic carbocycles. The summed E-state index contributed by atoms with van der Waals surface area (Å²) >= 11 is 0. The molecule has 0 heterocycles. The van der Waals surface area contributed by atoms with Crippen molar-refractivity contribution >= 4 is 0 Å². The van der Waals surface area contributed by atoms with Crippen molar-refractivity contribution in [1.29, 1.82) is 0 Å². The van der Waals surface area contributed by atoms with Gasteiger partial charge in [0.1, 0.15) is 0 Å². The zero-order chi connectivity index (χ0) is 11.1. The first-order valence-electron chi connectivity index (χ1n) is 6.05. The summed E-state index contributed by atoms with van der Waals surface area (Å²) in [5, 5.41) is 3.55. The van der Waals surface area contributed by atoms with E-state index in [1.54, 1.807) is 0 Å². The van der Waals surface area contributed by atoms with Crippen LogP contribution in [-0.2, 0) is 0 Å². The fraction of sp³-hybridized carbons (Fsp3) is 0.846. The Bertz CT molecular complexity index is 235. The average Bonchev–Trinajstić information content (AvgIpc) is 2.19. The highest BCUT2D eigenvalue weighted by molar-refractivity contribution is 4.96. The van der Waals surface area contributed by atoms with Crippen molar-refractivity contribution in [3.8, 4) is 11.8 Å². The Kier molecular flexibility index (Phi) is 5.14. The van der Waals surface area contributed by atoms with Crippen molar-refractivity contribution in [1.82, 2.24) is 5.32 Å². The zero-order valence-electron chi connectivity index (χ0n) is 10.1. The summed E-state index contributed by atoms with van der Waals surface area (Å²) in [6.45, 7) is 5.81. The van der Waals surface area contributed by atoms with Crippen LogP contribution in [0.4, 0.5) is 0 Å². The lowest BCUT2D eigenvalue weighted by atomic mass is 9.76. The maximum Gasteiger partial charge on any atom is 0.0278 e. The van der Waals surface area contributed by atoms with E-state index in [2.05, 4.69) is 24.1 Å². The Labute approximate surface area is 94.0 Å². The molecule has 1 aliphatic rings. The molecule has 1 unspecified atom stereocenters. The molecule has 1 atom stereocenters. The van der Waals surface area contributed by atoms with Crippen molar-refractivity contribution in [3.05, 3.63) is 0 Å². The van der Waals surface area contributed by atoms with Crippen LogP contribution in [0.3, 0.4) is 0 Å². The standard InChI is InChI=1S/C13H24N2/c1-3-4-5-9-15-13(2,11-14)10-12-7-6-8-12/h12,15H,5-11,14H2,1-2H3. The summed E-state index contributed by atoms with van der Waals surface area (Å²) in [7, 11) is 0. The van der Waals surface area contributed by atoms with Crippen molar-refractivity contribution in [2.75, 3.05) is 13.1 Å². The van der Waals surface area contributed by atoms with Crippen LogP contribution in [-0.4, -0.2) is 18.6 Å². The minimum Gasteiger partial charge on any atom is -0.329 e. The fourth-order valence-electron chi connectivity index (χ4n) is 2.11. The van der Waals surface area contributed by atoms with Gasteiger partial charge in [0, 0.05) is 25.0 Å². The largest absolute Gasteiger partial charge is 0.329 e. The van der Waals surface area contributed by atoms with Gasteiger partial charge in [-0.1, -0.05) is 19.3 Å². The maximum atomic E-state index is 5.85. The topological polar surface area (TPSA) is 38.0 Å². The molecule has 2 nitrogen and oxygen atoms in total. The molecular formula is C13H24N2. The second-order valence-electron chi connectivity index (χ2n) is 4.87. The summed E-state index contributed by atoms with van der Waals surface area (Å²) in [6.07, 6.45) is 6.35. The van der Waals surface area contributed by atoms with Crippen LogP contribution in [0.1, 0.15) is 46.0 Å². The monoisotopic (exact) mass is 208 g/mol. The van der Waals surface area contributed by atoms with Gasteiger partial charge in [0.25, 0.3) is 0 Å². The van der Waals surface area contributed by atoms with Crippen LogP contribution in [0, 0.1) is 17.8 Å². The smallest absolute Gasteiger partial charge is 0.0278 e. The molecule has 3 N–H and O–H groups in total. The summed E-state index contributed by atoms with van der Waals surface area (Å²) in [5.74, 6) is 6.89. The second-order valence-corrected chi connectivity index (χ2v) is 4.87. The molecule has 15 heavy (non-hydrogen) atoms. The molecule has 0 aliphatic heterocycles. The Morgan fingerprint density at radius 2 is 2.20 bits per heavy atom. The van der Waals surface area contributed by atoms with Crippen LogP contribution in [0.25, 0.3) is 0 Å². The summed E-state index contributed by atoms with van der Waals surface area (Å²) in [4.78, 5) is 0. The summed E-state index contributed by atoms with van der Waals surface area (Å²) in [5.41, 5.74) is 5.98. The third-order valence-electron chi connectivity index (χ3n) is 3.39. The molecule has 0 aromatic heterocycles. The Morgan fingerprint density at radius 1 is 1.47 bits per heavy atom. The van der Waals surface area contributed by atoms with Gasteiger partial charge < -0.3 is 11.1 Å². The third kappa shape index (κ3) is 4.24. The number of rotatable bonds is 6. The lowest BCUT2D eigenvalue weighted by molar-refractivity contribution is 0.209. The normalized spacial score (nSPS) is 19.9. The minimum absolute atomic E-state index is 0.126. The fourth-order valence-corrected chi connectivity index (χ4v) is 2.11. The van der Waals surface area contributed by atoms with E-state index >= 15 is 0 Å². The predicted octanol–water partition coefficient (Wildman–Crippen LogP) is 1.90.